The van der Waals surface area contributed by atoms with Crippen LogP contribution in [0.4, 0.5) is 0 Å². The molecule has 0 bridgehead atoms. The fourth-order valence-electron chi connectivity index (χ4n) is 5.87. The molecule has 0 spiro atoms. The Morgan fingerprint density at radius 3 is 1.47 bits per heavy atom. The summed E-state index contributed by atoms with van der Waals surface area (Å²) in [4.78, 5) is 11.6. The molecule has 8 rings (SSSR count). The maximum absolute atomic E-state index is 6.81. The van der Waals surface area contributed by atoms with Crippen molar-refractivity contribution in [3.8, 4) is 22.6 Å². The highest BCUT2D eigenvalue weighted by molar-refractivity contribution is 7.26. The summed E-state index contributed by atoms with van der Waals surface area (Å²) in [7, 11) is 0. The van der Waals surface area contributed by atoms with Crippen LogP contribution in [0.5, 0.6) is 0 Å². The molecule has 0 saturated heterocycles. The summed E-state index contributed by atoms with van der Waals surface area (Å²) in [6, 6.07) is 24.3. The van der Waals surface area contributed by atoms with E-state index >= 15 is 0 Å². The van der Waals surface area contributed by atoms with E-state index in [1.807, 2.05) is 74.5 Å². The molecular weight excluding hydrogens is 577 g/mol. The van der Waals surface area contributed by atoms with Crippen LogP contribution in [0.3, 0.4) is 0 Å². The largest absolute Gasteiger partial charge is 0.366 e. The lowest BCUT2D eigenvalue weighted by Crippen LogP contribution is -2.07. The normalized spacial score (nSPS) is 13.5. The molecule has 6 aromatic heterocycles. The Labute approximate surface area is 254 Å². The Morgan fingerprint density at radius 2 is 1.05 bits per heavy atom. The number of aryl methyl sites for hydroxylation is 2. The number of ether oxygens (including phenoxy) is 1. The summed E-state index contributed by atoms with van der Waals surface area (Å²) >= 11 is 3.22. The van der Waals surface area contributed by atoms with Gasteiger partial charge in [0.15, 0.2) is 11.5 Å². The number of hydrogen-bond acceptors (Lipinski definition) is 9. The lowest BCUT2D eigenvalue weighted by Gasteiger charge is -2.21. The van der Waals surface area contributed by atoms with Crippen LogP contribution in [0.2, 0.25) is 0 Å². The lowest BCUT2D eigenvalue weighted by atomic mass is 10.0. The predicted octanol–water partition coefficient (Wildman–Crippen LogP) is 9.98. The number of fused-ring (bicyclic) bond motifs is 6. The number of rotatable bonds is 6. The van der Waals surface area contributed by atoms with Gasteiger partial charge in [-0.05, 0) is 51.0 Å². The first-order valence-electron chi connectivity index (χ1n) is 14.1. The van der Waals surface area contributed by atoms with Crippen molar-refractivity contribution in [3.05, 3.63) is 95.3 Å². The van der Waals surface area contributed by atoms with Crippen molar-refractivity contribution >= 4 is 63.5 Å². The van der Waals surface area contributed by atoms with Gasteiger partial charge in [0.05, 0.1) is 12.2 Å². The summed E-state index contributed by atoms with van der Waals surface area (Å²) in [6.45, 7) is 8.22. The SMILES string of the molecule is Cc1cc(C(C)OC(C)c2cc(C)nc3sc4c(-c5ccccc5)onc4c23)c2c(n1)sc1c(-c3ccccc3)onc12. The van der Waals surface area contributed by atoms with E-state index in [4.69, 9.17) is 23.8 Å². The zero-order chi connectivity index (χ0) is 29.2. The smallest absolute Gasteiger partial charge is 0.184 e. The molecule has 0 radical (unpaired) electrons. The molecule has 9 heteroatoms. The Hall–Kier alpha value is -4.44. The zero-order valence-electron chi connectivity index (χ0n) is 23.9. The van der Waals surface area contributed by atoms with E-state index in [2.05, 4.69) is 36.3 Å². The first kappa shape index (κ1) is 26.2. The van der Waals surface area contributed by atoms with E-state index in [-0.39, 0.29) is 12.2 Å². The quantitative estimate of drug-likeness (QED) is 0.187. The molecule has 2 aromatic carbocycles. The second kappa shape index (κ2) is 10.1. The fourth-order valence-corrected chi connectivity index (χ4v) is 8.23. The van der Waals surface area contributed by atoms with Gasteiger partial charge in [-0.25, -0.2) is 9.97 Å². The Bertz CT molecular complexity index is 2120. The summed E-state index contributed by atoms with van der Waals surface area (Å²) in [5.41, 5.74) is 7.59. The highest BCUT2D eigenvalue weighted by Gasteiger charge is 2.26. The zero-order valence-corrected chi connectivity index (χ0v) is 25.5. The van der Waals surface area contributed by atoms with Crippen molar-refractivity contribution < 1.29 is 13.8 Å². The highest BCUT2D eigenvalue weighted by atomic mass is 32.1. The monoisotopic (exact) mass is 602 g/mol. The third-order valence-corrected chi connectivity index (χ3v) is 9.96. The van der Waals surface area contributed by atoms with E-state index in [0.717, 1.165) is 86.0 Å². The fraction of sp³-hybridized carbons (Fsp3) is 0.176. The van der Waals surface area contributed by atoms with Crippen LogP contribution in [-0.2, 0) is 4.74 Å². The molecule has 212 valence electrons. The number of thiophene rings is 2. The molecule has 2 atom stereocenters. The number of hydrogen-bond donors (Lipinski definition) is 0. The number of nitrogens with zero attached hydrogens (tertiary/aromatic N) is 4. The summed E-state index contributed by atoms with van der Waals surface area (Å²) in [5.74, 6) is 1.53. The minimum atomic E-state index is -0.247. The van der Waals surface area contributed by atoms with Gasteiger partial charge in [-0.3, -0.25) is 0 Å². The number of benzene rings is 2. The average Bonchev–Trinajstić information content (AvgIpc) is 3.77. The third-order valence-electron chi connectivity index (χ3n) is 7.82. The van der Waals surface area contributed by atoms with Crippen molar-refractivity contribution in [1.82, 2.24) is 20.3 Å². The molecule has 0 fully saturated rings. The lowest BCUT2D eigenvalue weighted by molar-refractivity contribution is 0.00739. The van der Waals surface area contributed by atoms with E-state index in [1.54, 1.807) is 22.7 Å². The van der Waals surface area contributed by atoms with Gasteiger partial charge in [0.25, 0.3) is 0 Å². The first-order valence-corrected chi connectivity index (χ1v) is 15.7. The summed E-state index contributed by atoms with van der Waals surface area (Å²) in [6.07, 6.45) is -0.493. The van der Waals surface area contributed by atoms with Gasteiger partial charge in [0.2, 0.25) is 0 Å². The molecule has 2 unspecified atom stereocenters. The maximum atomic E-state index is 6.81. The van der Waals surface area contributed by atoms with Crippen LogP contribution >= 0.6 is 22.7 Å². The molecule has 0 N–H and O–H groups in total. The van der Waals surface area contributed by atoms with Gasteiger partial charge in [-0.15, -0.1) is 22.7 Å². The predicted molar refractivity (Wildman–Crippen MR) is 173 cm³/mol. The van der Waals surface area contributed by atoms with Gasteiger partial charge in [-0.2, -0.15) is 0 Å². The molecule has 0 saturated carbocycles. The summed E-state index contributed by atoms with van der Waals surface area (Å²) < 4.78 is 20.5. The maximum Gasteiger partial charge on any atom is 0.184 e. The van der Waals surface area contributed by atoms with E-state index in [9.17, 15) is 0 Å². The molecule has 0 aliphatic heterocycles. The van der Waals surface area contributed by atoms with Gasteiger partial charge in [-0.1, -0.05) is 71.0 Å². The Balaban J connectivity index is 1.20. The number of aromatic nitrogens is 4. The van der Waals surface area contributed by atoms with Crippen LogP contribution < -0.4 is 0 Å². The second-order valence-corrected chi connectivity index (χ2v) is 12.8. The summed E-state index contributed by atoms with van der Waals surface area (Å²) in [5, 5.41) is 11.0. The molecule has 0 aliphatic rings. The topological polar surface area (TPSA) is 87.1 Å². The standard InChI is InChI=1S/C34H26N4O3S2/c1-17-15-23(25-27-31(42-33(25)35-17)29(40-37-27)21-11-7-5-8-12-21)19(3)39-20(4)24-16-18(2)36-34-26(24)28-32(43-34)30(41-38-28)22-13-9-6-10-14-22/h5-16,19-20H,1-4H3. The number of pyridine rings is 2. The second-order valence-electron chi connectivity index (χ2n) is 10.8. The Kier molecular flexibility index (Phi) is 6.15. The molecule has 43 heavy (non-hydrogen) atoms. The highest BCUT2D eigenvalue weighted by Crippen LogP contribution is 2.45. The molecule has 6 heterocycles. The minimum Gasteiger partial charge on any atom is -0.366 e. The van der Waals surface area contributed by atoms with Crippen molar-refractivity contribution in [2.24, 2.45) is 0 Å². The van der Waals surface area contributed by atoms with Gasteiger partial charge in [0.1, 0.15) is 30.1 Å². The van der Waals surface area contributed by atoms with E-state index < -0.39 is 0 Å². The van der Waals surface area contributed by atoms with Gasteiger partial charge in [0, 0.05) is 33.3 Å². The van der Waals surface area contributed by atoms with Gasteiger partial charge >= 0.3 is 0 Å². The van der Waals surface area contributed by atoms with E-state index in [1.165, 1.54) is 0 Å². The molecule has 8 aromatic rings. The molecule has 0 amide bonds. The Morgan fingerprint density at radius 1 is 0.628 bits per heavy atom. The van der Waals surface area contributed by atoms with Gasteiger partial charge < -0.3 is 13.8 Å². The van der Waals surface area contributed by atoms with Crippen LogP contribution in [-0.4, -0.2) is 20.3 Å². The van der Waals surface area contributed by atoms with Crippen LogP contribution in [0.15, 0.2) is 81.8 Å². The van der Waals surface area contributed by atoms with Crippen LogP contribution in [0.1, 0.15) is 48.6 Å². The molecule has 7 nitrogen and oxygen atoms in total. The van der Waals surface area contributed by atoms with E-state index in [0.29, 0.717) is 0 Å². The minimum absolute atomic E-state index is 0.247. The molecular formula is C34H26N4O3S2. The third kappa shape index (κ3) is 4.26. The first-order chi connectivity index (χ1) is 21.0. The average molecular weight is 603 g/mol. The van der Waals surface area contributed by atoms with Crippen LogP contribution in [0.25, 0.3) is 63.5 Å². The van der Waals surface area contributed by atoms with Crippen molar-refractivity contribution in [3.63, 3.8) is 0 Å². The van der Waals surface area contributed by atoms with Crippen molar-refractivity contribution in [2.75, 3.05) is 0 Å². The van der Waals surface area contributed by atoms with Crippen molar-refractivity contribution in [1.29, 1.82) is 0 Å². The molecule has 0 aliphatic carbocycles. The van der Waals surface area contributed by atoms with Crippen molar-refractivity contribution in [2.45, 2.75) is 39.9 Å². The van der Waals surface area contributed by atoms with Crippen LogP contribution in [0, 0.1) is 13.8 Å².